The Morgan fingerprint density at radius 2 is 1.89 bits per heavy atom. The predicted octanol–water partition coefficient (Wildman–Crippen LogP) is 2.66. The largest absolute Gasteiger partial charge is 0.480 e. The van der Waals surface area contributed by atoms with Crippen molar-refractivity contribution in [2.24, 2.45) is 5.92 Å². The molecule has 0 bridgehead atoms. The minimum Gasteiger partial charge on any atom is -0.480 e. The van der Waals surface area contributed by atoms with Crippen LogP contribution in [0.3, 0.4) is 0 Å². The summed E-state index contributed by atoms with van der Waals surface area (Å²) in [6.45, 7) is 7.59. The molecule has 4 heteroatoms. The molecule has 0 fully saturated rings. The van der Waals surface area contributed by atoms with E-state index in [1.165, 1.54) is 5.56 Å². The lowest BCUT2D eigenvalue weighted by Gasteiger charge is -2.16. The Morgan fingerprint density at radius 3 is 2.33 bits per heavy atom. The first-order valence-electron chi connectivity index (χ1n) is 5.99. The van der Waals surface area contributed by atoms with Gasteiger partial charge in [0.15, 0.2) is 0 Å². The number of rotatable bonds is 5. The van der Waals surface area contributed by atoms with Crippen LogP contribution in [-0.4, -0.2) is 20.5 Å². The van der Waals surface area contributed by atoms with Gasteiger partial charge in [-0.2, -0.15) is 0 Å². The average Bonchev–Trinajstić information content (AvgIpc) is 2.22. The van der Waals surface area contributed by atoms with Crippen molar-refractivity contribution in [1.29, 1.82) is 0 Å². The van der Waals surface area contributed by atoms with Crippen molar-refractivity contribution in [3.8, 4) is 0 Å². The van der Waals surface area contributed by atoms with Gasteiger partial charge in [-0.3, -0.25) is 9.00 Å². The first-order valence-corrected chi connectivity index (χ1v) is 7.37. The Bertz CT molecular complexity index is 466. The van der Waals surface area contributed by atoms with Gasteiger partial charge in [0.2, 0.25) is 0 Å². The van der Waals surface area contributed by atoms with Crippen LogP contribution in [0, 0.1) is 19.8 Å². The Balaban J connectivity index is 2.86. The fourth-order valence-electron chi connectivity index (χ4n) is 1.85. The lowest BCUT2D eigenvalue weighted by molar-refractivity contribution is -0.137. The summed E-state index contributed by atoms with van der Waals surface area (Å²) in [5.74, 6) is -0.807. The van der Waals surface area contributed by atoms with Gasteiger partial charge in [-0.05, 0) is 36.5 Å². The minimum atomic E-state index is -1.38. The molecule has 0 aliphatic heterocycles. The molecular weight excluding hydrogens is 248 g/mol. The lowest BCUT2D eigenvalue weighted by atomic mass is 10.1. The molecule has 0 saturated carbocycles. The maximum Gasteiger partial charge on any atom is 0.319 e. The molecule has 3 nitrogen and oxygen atoms in total. The van der Waals surface area contributed by atoms with Gasteiger partial charge in [0.05, 0.1) is 0 Å². The number of hydrogen-bond donors (Lipinski definition) is 1. The van der Waals surface area contributed by atoms with Crippen LogP contribution in [0.2, 0.25) is 0 Å². The van der Waals surface area contributed by atoms with E-state index in [9.17, 15) is 9.00 Å². The van der Waals surface area contributed by atoms with Crippen LogP contribution in [0.4, 0.5) is 0 Å². The van der Waals surface area contributed by atoms with Crippen LogP contribution in [-0.2, 0) is 21.3 Å². The molecule has 1 rings (SSSR count). The van der Waals surface area contributed by atoms with E-state index < -0.39 is 22.0 Å². The second kappa shape index (κ2) is 6.14. The molecular formula is C14H20O3S. The summed E-state index contributed by atoms with van der Waals surface area (Å²) in [6.07, 6.45) is 0. The second-order valence-corrected chi connectivity index (χ2v) is 6.50. The minimum absolute atomic E-state index is 0.130. The fourth-order valence-corrected chi connectivity index (χ4v) is 3.37. The van der Waals surface area contributed by atoms with E-state index in [1.54, 1.807) is 13.8 Å². The van der Waals surface area contributed by atoms with Crippen LogP contribution < -0.4 is 0 Å². The molecule has 0 heterocycles. The standard InChI is InChI=1S/C14H20O3S/c1-9(2)13(14(15)16)18(17)8-12-6-5-10(3)11(4)7-12/h5-7,9,13H,8H2,1-4H3,(H,15,16). The van der Waals surface area contributed by atoms with Crippen molar-refractivity contribution in [2.75, 3.05) is 0 Å². The van der Waals surface area contributed by atoms with Gasteiger partial charge in [0.25, 0.3) is 0 Å². The summed E-state index contributed by atoms with van der Waals surface area (Å²) in [4.78, 5) is 11.1. The monoisotopic (exact) mass is 268 g/mol. The quantitative estimate of drug-likeness (QED) is 0.893. The van der Waals surface area contributed by atoms with Gasteiger partial charge in [0, 0.05) is 16.6 Å². The number of benzene rings is 1. The average molecular weight is 268 g/mol. The number of aliphatic carboxylic acids is 1. The van der Waals surface area contributed by atoms with Crippen molar-refractivity contribution in [1.82, 2.24) is 0 Å². The van der Waals surface area contributed by atoms with E-state index in [-0.39, 0.29) is 5.92 Å². The Hall–Kier alpha value is -1.16. The third-order valence-corrected chi connectivity index (χ3v) is 4.94. The SMILES string of the molecule is Cc1ccc(CS(=O)C(C(=O)O)C(C)C)cc1C. The molecule has 2 unspecified atom stereocenters. The van der Waals surface area contributed by atoms with E-state index in [0.29, 0.717) is 5.75 Å². The molecule has 0 aliphatic carbocycles. The van der Waals surface area contributed by atoms with Gasteiger partial charge < -0.3 is 5.11 Å². The third-order valence-electron chi connectivity index (χ3n) is 3.01. The molecule has 0 amide bonds. The molecule has 1 aromatic carbocycles. The zero-order valence-electron chi connectivity index (χ0n) is 11.3. The molecule has 100 valence electrons. The zero-order chi connectivity index (χ0) is 13.9. The fraction of sp³-hybridized carbons (Fsp3) is 0.500. The van der Waals surface area contributed by atoms with E-state index in [4.69, 9.17) is 5.11 Å². The maximum atomic E-state index is 12.1. The molecule has 0 radical (unpaired) electrons. The molecule has 2 atom stereocenters. The van der Waals surface area contributed by atoms with Crippen LogP contribution in [0.1, 0.15) is 30.5 Å². The first kappa shape index (κ1) is 14.9. The second-order valence-electron chi connectivity index (χ2n) is 4.95. The van der Waals surface area contributed by atoms with Crippen LogP contribution >= 0.6 is 0 Å². The van der Waals surface area contributed by atoms with Gasteiger partial charge in [-0.25, -0.2) is 0 Å². The molecule has 0 saturated heterocycles. The number of aryl methyl sites for hydroxylation is 2. The number of carboxylic acid groups (broad SMARTS) is 1. The van der Waals surface area contributed by atoms with Crippen molar-refractivity contribution >= 4 is 16.8 Å². The van der Waals surface area contributed by atoms with Crippen molar-refractivity contribution in [3.63, 3.8) is 0 Å². The van der Waals surface area contributed by atoms with Gasteiger partial charge in [-0.15, -0.1) is 0 Å². The highest BCUT2D eigenvalue weighted by Gasteiger charge is 2.28. The summed E-state index contributed by atoms with van der Waals surface area (Å²) < 4.78 is 12.1. The molecule has 18 heavy (non-hydrogen) atoms. The molecule has 1 aromatic rings. The van der Waals surface area contributed by atoms with Crippen LogP contribution in [0.5, 0.6) is 0 Å². The Labute approximate surface area is 111 Å². The van der Waals surface area contributed by atoms with E-state index in [2.05, 4.69) is 0 Å². The topological polar surface area (TPSA) is 54.4 Å². The Morgan fingerprint density at radius 1 is 1.28 bits per heavy atom. The molecule has 0 aromatic heterocycles. The van der Waals surface area contributed by atoms with Gasteiger partial charge in [0.1, 0.15) is 5.25 Å². The number of carbonyl (C=O) groups is 1. The predicted molar refractivity (Wildman–Crippen MR) is 74.0 cm³/mol. The lowest BCUT2D eigenvalue weighted by Crippen LogP contribution is -2.31. The number of hydrogen-bond acceptors (Lipinski definition) is 2. The first-order chi connectivity index (χ1) is 8.32. The molecule has 0 spiro atoms. The smallest absolute Gasteiger partial charge is 0.319 e. The summed E-state index contributed by atoms with van der Waals surface area (Å²) in [5, 5.41) is 8.30. The van der Waals surface area contributed by atoms with Crippen LogP contribution in [0.15, 0.2) is 18.2 Å². The van der Waals surface area contributed by atoms with E-state index in [1.807, 2.05) is 32.0 Å². The van der Waals surface area contributed by atoms with Crippen molar-refractivity contribution in [2.45, 2.75) is 38.7 Å². The van der Waals surface area contributed by atoms with E-state index >= 15 is 0 Å². The normalized spacial score (nSPS) is 14.5. The maximum absolute atomic E-state index is 12.1. The summed E-state index contributed by atoms with van der Waals surface area (Å²) in [7, 11) is -1.38. The molecule has 0 aliphatic rings. The molecule has 1 N–H and O–H groups in total. The number of carboxylic acids is 1. The van der Waals surface area contributed by atoms with Gasteiger partial charge in [-0.1, -0.05) is 32.0 Å². The summed E-state index contributed by atoms with van der Waals surface area (Å²) >= 11 is 0. The van der Waals surface area contributed by atoms with Crippen LogP contribution in [0.25, 0.3) is 0 Å². The summed E-state index contributed by atoms with van der Waals surface area (Å²) in [5.41, 5.74) is 3.26. The highest BCUT2D eigenvalue weighted by Crippen LogP contribution is 2.17. The Kier molecular flexibility index (Phi) is 5.08. The third kappa shape index (κ3) is 3.67. The summed E-state index contributed by atoms with van der Waals surface area (Å²) in [6, 6.07) is 5.87. The highest BCUT2D eigenvalue weighted by atomic mass is 32.2. The zero-order valence-corrected chi connectivity index (χ0v) is 12.1. The van der Waals surface area contributed by atoms with Crippen molar-refractivity contribution < 1.29 is 14.1 Å². The van der Waals surface area contributed by atoms with Crippen molar-refractivity contribution in [3.05, 3.63) is 34.9 Å². The highest BCUT2D eigenvalue weighted by molar-refractivity contribution is 7.85. The van der Waals surface area contributed by atoms with E-state index in [0.717, 1.165) is 11.1 Å². The van der Waals surface area contributed by atoms with Gasteiger partial charge >= 0.3 is 5.97 Å².